The average molecular weight is 264 g/mol. The molecule has 0 heterocycles. The lowest BCUT2D eigenvalue weighted by molar-refractivity contribution is -0.153. The second-order valence-corrected chi connectivity index (χ2v) is 3.29. The fourth-order valence-electron chi connectivity index (χ4n) is 1.14. The van der Waals surface area contributed by atoms with Gasteiger partial charge >= 0.3 is 6.18 Å². The van der Waals surface area contributed by atoms with Gasteiger partial charge in [-0.2, -0.15) is 13.2 Å². The first kappa shape index (κ1) is 13.9. The standard InChI is InChI=1S/C10H11F3N2O3/c1-17-7-2-6(9(14)15-16)3-8(4-7)18-5-10(11,12)13/h2-4,16H,5H2,1H3,(H2,14,15). The highest BCUT2D eigenvalue weighted by Crippen LogP contribution is 2.24. The minimum absolute atomic E-state index is 0.0896. The molecule has 0 saturated carbocycles. The number of halogens is 3. The number of nitrogens with two attached hydrogens (primary N) is 1. The lowest BCUT2D eigenvalue weighted by atomic mass is 10.2. The second-order valence-electron chi connectivity index (χ2n) is 3.29. The Morgan fingerprint density at radius 2 is 1.94 bits per heavy atom. The maximum Gasteiger partial charge on any atom is 0.422 e. The number of rotatable bonds is 4. The van der Waals surface area contributed by atoms with Crippen LogP contribution in [0.3, 0.4) is 0 Å². The first-order valence-corrected chi connectivity index (χ1v) is 4.72. The van der Waals surface area contributed by atoms with Crippen molar-refractivity contribution in [2.75, 3.05) is 13.7 Å². The number of hydrogen-bond acceptors (Lipinski definition) is 4. The van der Waals surface area contributed by atoms with Gasteiger partial charge in [-0.1, -0.05) is 5.16 Å². The largest absolute Gasteiger partial charge is 0.497 e. The molecule has 0 aliphatic rings. The van der Waals surface area contributed by atoms with Gasteiger partial charge in [0.05, 0.1) is 7.11 Å². The van der Waals surface area contributed by atoms with Crippen molar-refractivity contribution >= 4 is 5.84 Å². The van der Waals surface area contributed by atoms with E-state index in [1.54, 1.807) is 0 Å². The Morgan fingerprint density at radius 3 is 2.44 bits per heavy atom. The van der Waals surface area contributed by atoms with Crippen LogP contribution in [-0.4, -0.2) is 30.9 Å². The summed E-state index contributed by atoms with van der Waals surface area (Å²) in [6.45, 7) is -1.43. The highest BCUT2D eigenvalue weighted by molar-refractivity contribution is 5.97. The number of methoxy groups -OCH3 is 1. The number of amidine groups is 1. The maximum absolute atomic E-state index is 12.0. The fourth-order valence-corrected chi connectivity index (χ4v) is 1.14. The Labute approximate surface area is 101 Å². The molecule has 0 aliphatic heterocycles. The molecule has 0 aliphatic carbocycles. The molecule has 0 unspecified atom stereocenters. The van der Waals surface area contributed by atoms with Crippen LogP contribution in [0, 0.1) is 0 Å². The fraction of sp³-hybridized carbons (Fsp3) is 0.300. The van der Waals surface area contributed by atoms with Gasteiger partial charge in [-0.3, -0.25) is 0 Å². The predicted octanol–water partition coefficient (Wildman–Crippen LogP) is 1.73. The molecule has 3 N–H and O–H groups in total. The maximum atomic E-state index is 12.0. The molecule has 0 aromatic heterocycles. The average Bonchev–Trinajstić information content (AvgIpc) is 2.34. The van der Waals surface area contributed by atoms with Gasteiger partial charge in [0, 0.05) is 11.6 Å². The second kappa shape index (κ2) is 5.48. The monoisotopic (exact) mass is 264 g/mol. The zero-order chi connectivity index (χ0) is 13.8. The van der Waals surface area contributed by atoms with Crippen molar-refractivity contribution in [1.29, 1.82) is 0 Å². The summed E-state index contributed by atoms with van der Waals surface area (Å²) in [5.74, 6) is -0.115. The van der Waals surface area contributed by atoms with E-state index in [0.717, 1.165) is 0 Å². The molecule has 0 spiro atoms. The lowest BCUT2D eigenvalue weighted by Crippen LogP contribution is -2.19. The minimum atomic E-state index is -4.44. The molecule has 0 atom stereocenters. The van der Waals surface area contributed by atoms with Crippen molar-refractivity contribution in [3.63, 3.8) is 0 Å². The van der Waals surface area contributed by atoms with Gasteiger partial charge in [0.15, 0.2) is 12.4 Å². The van der Waals surface area contributed by atoms with E-state index in [0.29, 0.717) is 0 Å². The van der Waals surface area contributed by atoms with E-state index in [4.69, 9.17) is 15.7 Å². The summed E-state index contributed by atoms with van der Waals surface area (Å²) >= 11 is 0. The molecule has 1 aromatic carbocycles. The molecule has 0 amide bonds. The topological polar surface area (TPSA) is 77.1 Å². The number of alkyl halides is 3. The summed E-state index contributed by atoms with van der Waals surface area (Å²) in [5, 5.41) is 11.2. The Balaban J connectivity index is 2.98. The first-order valence-electron chi connectivity index (χ1n) is 4.72. The van der Waals surface area contributed by atoms with Gasteiger partial charge in [-0.15, -0.1) is 0 Å². The lowest BCUT2D eigenvalue weighted by Gasteiger charge is -2.11. The Morgan fingerprint density at radius 1 is 1.33 bits per heavy atom. The molecule has 0 bridgehead atoms. The van der Waals surface area contributed by atoms with E-state index < -0.39 is 12.8 Å². The Kier molecular flexibility index (Phi) is 4.24. The van der Waals surface area contributed by atoms with Crippen LogP contribution in [0.4, 0.5) is 13.2 Å². The minimum Gasteiger partial charge on any atom is -0.497 e. The Bertz CT molecular complexity index is 446. The van der Waals surface area contributed by atoms with Crippen molar-refractivity contribution in [2.24, 2.45) is 10.9 Å². The molecule has 1 rings (SSSR count). The molecular formula is C10H11F3N2O3. The van der Waals surface area contributed by atoms with Crippen LogP contribution < -0.4 is 15.2 Å². The van der Waals surface area contributed by atoms with E-state index in [9.17, 15) is 13.2 Å². The SMILES string of the molecule is COc1cc(OCC(F)(F)F)cc(/C(N)=N/O)c1. The zero-order valence-electron chi connectivity index (χ0n) is 9.36. The van der Waals surface area contributed by atoms with Crippen LogP contribution in [0.1, 0.15) is 5.56 Å². The smallest absolute Gasteiger partial charge is 0.422 e. The molecule has 0 saturated heterocycles. The summed E-state index contributed by atoms with van der Waals surface area (Å²) in [6.07, 6.45) is -4.44. The third-order valence-electron chi connectivity index (χ3n) is 1.92. The van der Waals surface area contributed by atoms with Crippen molar-refractivity contribution in [3.8, 4) is 11.5 Å². The van der Waals surface area contributed by atoms with Crippen LogP contribution in [-0.2, 0) is 0 Å². The summed E-state index contributed by atoms with van der Waals surface area (Å²) in [7, 11) is 1.33. The summed E-state index contributed by atoms with van der Waals surface area (Å²) in [6, 6.07) is 3.87. The molecule has 18 heavy (non-hydrogen) atoms. The molecule has 8 heteroatoms. The predicted molar refractivity (Wildman–Crippen MR) is 57.1 cm³/mol. The van der Waals surface area contributed by atoms with Crippen LogP contribution in [0.15, 0.2) is 23.4 Å². The molecular weight excluding hydrogens is 253 g/mol. The number of nitrogens with zero attached hydrogens (tertiary/aromatic N) is 1. The van der Waals surface area contributed by atoms with Crippen LogP contribution in [0.2, 0.25) is 0 Å². The van der Waals surface area contributed by atoms with Gasteiger partial charge in [0.2, 0.25) is 0 Å². The van der Waals surface area contributed by atoms with Gasteiger partial charge in [-0.05, 0) is 12.1 Å². The first-order chi connectivity index (χ1) is 8.35. The normalized spacial score (nSPS) is 12.3. The van der Waals surface area contributed by atoms with E-state index in [1.165, 1.54) is 25.3 Å². The van der Waals surface area contributed by atoms with Crippen molar-refractivity contribution < 1.29 is 27.9 Å². The van der Waals surface area contributed by atoms with Gasteiger partial charge in [-0.25, -0.2) is 0 Å². The molecule has 0 fully saturated rings. The van der Waals surface area contributed by atoms with Crippen molar-refractivity contribution in [2.45, 2.75) is 6.18 Å². The van der Waals surface area contributed by atoms with Gasteiger partial charge in [0.1, 0.15) is 11.5 Å². The third-order valence-corrected chi connectivity index (χ3v) is 1.92. The van der Waals surface area contributed by atoms with Crippen molar-refractivity contribution in [3.05, 3.63) is 23.8 Å². The number of hydrogen-bond donors (Lipinski definition) is 2. The number of ether oxygens (including phenoxy) is 2. The number of oxime groups is 1. The molecule has 5 nitrogen and oxygen atoms in total. The summed E-state index contributed by atoms with van der Waals surface area (Å²) in [4.78, 5) is 0. The highest BCUT2D eigenvalue weighted by Gasteiger charge is 2.28. The summed E-state index contributed by atoms with van der Waals surface area (Å²) in [5.41, 5.74) is 5.52. The molecule has 1 aromatic rings. The quantitative estimate of drug-likeness (QED) is 0.376. The molecule has 0 radical (unpaired) electrons. The number of benzene rings is 1. The summed E-state index contributed by atoms with van der Waals surface area (Å²) < 4.78 is 45.4. The van der Waals surface area contributed by atoms with E-state index >= 15 is 0 Å². The van der Waals surface area contributed by atoms with Crippen LogP contribution in [0.25, 0.3) is 0 Å². The van der Waals surface area contributed by atoms with Crippen molar-refractivity contribution in [1.82, 2.24) is 0 Å². The Hall–Kier alpha value is -2.12. The molecule has 100 valence electrons. The van der Waals surface area contributed by atoms with E-state index in [1.807, 2.05) is 0 Å². The van der Waals surface area contributed by atoms with Crippen LogP contribution in [0.5, 0.6) is 11.5 Å². The van der Waals surface area contributed by atoms with Gasteiger partial charge < -0.3 is 20.4 Å². The van der Waals surface area contributed by atoms with Crippen LogP contribution >= 0.6 is 0 Å². The van der Waals surface area contributed by atoms with Gasteiger partial charge in [0.25, 0.3) is 0 Å². The third kappa shape index (κ3) is 4.04. The zero-order valence-corrected chi connectivity index (χ0v) is 9.36. The highest BCUT2D eigenvalue weighted by atomic mass is 19.4. The van der Waals surface area contributed by atoms with E-state index in [-0.39, 0.29) is 22.9 Å². The van der Waals surface area contributed by atoms with E-state index in [2.05, 4.69) is 9.89 Å².